The van der Waals surface area contributed by atoms with Gasteiger partial charge >= 0.3 is 6.18 Å². The zero-order chi connectivity index (χ0) is 9.19. The van der Waals surface area contributed by atoms with Gasteiger partial charge < -0.3 is 5.73 Å². The third kappa shape index (κ3) is 2.78. The Kier molecular flexibility index (Phi) is 2.69. The van der Waals surface area contributed by atoms with E-state index >= 15 is 0 Å². The first kappa shape index (κ1) is 9.47. The van der Waals surface area contributed by atoms with E-state index < -0.39 is 18.6 Å². The van der Waals surface area contributed by atoms with Crippen LogP contribution in [0.25, 0.3) is 0 Å². The minimum Gasteiger partial charge on any atom is -0.322 e. The summed E-state index contributed by atoms with van der Waals surface area (Å²) >= 11 is 1.14. The van der Waals surface area contributed by atoms with Gasteiger partial charge in [0.2, 0.25) is 0 Å². The van der Waals surface area contributed by atoms with Crippen molar-refractivity contribution in [3.05, 3.63) is 16.6 Å². The van der Waals surface area contributed by atoms with E-state index in [9.17, 15) is 13.2 Å². The second-order valence-electron chi connectivity index (χ2n) is 2.30. The minimum atomic E-state index is -4.22. The molecule has 0 aliphatic rings. The van der Waals surface area contributed by atoms with Crippen LogP contribution in [0.4, 0.5) is 13.2 Å². The third-order valence-corrected chi connectivity index (χ3v) is 2.13. The highest BCUT2D eigenvalue weighted by molar-refractivity contribution is 7.09. The standard InChI is InChI=1S/C6H7F3N2S/c7-6(8,9)3-4(10)5-11-1-2-12-5/h1-2,4H,3,10H2/t4-/m1/s1. The summed E-state index contributed by atoms with van der Waals surface area (Å²) < 4.78 is 35.4. The van der Waals surface area contributed by atoms with Gasteiger partial charge in [-0.3, -0.25) is 0 Å². The van der Waals surface area contributed by atoms with Crippen molar-refractivity contribution in [1.29, 1.82) is 0 Å². The molecule has 1 aromatic rings. The molecule has 0 spiro atoms. The van der Waals surface area contributed by atoms with Crippen molar-refractivity contribution in [2.75, 3.05) is 0 Å². The Morgan fingerprint density at radius 1 is 1.58 bits per heavy atom. The molecule has 0 aliphatic heterocycles. The average molecular weight is 196 g/mol. The van der Waals surface area contributed by atoms with Gasteiger partial charge in [0.1, 0.15) is 5.01 Å². The summed E-state index contributed by atoms with van der Waals surface area (Å²) in [4.78, 5) is 3.69. The number of hydrogen-bond acceptors (Lipinski definition) is 3. The Labute approximate surface area is 71.2 Å². The number of alkyl halides is 3. The monoisotopic (exact) mass is 196 g/mol. The molecule has 6 heteroatoms. The Balaban J connectivity index is 2.56. The lowest BCUT2D eigenvalue weighted by Crippen LogP contribution is -2.19. The molecule has 0 unspecified atom stereocenters. The first-order valence-electron chi connectivity index (χ1n) is 3.21. The number of nitrogens with zero attached hydrogens (tertiary/aromatic N) is 1. The number of halogens is 3. The zero-order valence-electron chi connectivity index (χ0n) is 6.01. The molecule has 0 fully saturated rings. The molecule has 0 aliphatic carbocycles. The summed E-state index contributed by atoms with van der Waals surface area (Å²) in [6.45, 7) is 0. The van der Waals surface area contributed by atoms with E-state index in [1.54, 1.807) is 5.38 Å². The van der Waals surface area contributed by atoms with Crippen LogP contribution >= 0.6 is 11.3 Å². The van der Waals surface area contributed by atoms with E-state index in [2.05, 4.69) is 4.98 Å². The first-order valence-corrected chi connectivity index (χ1v) is 4.09. The van der Waals surface area contributed by atoms with Gasteiger partial charge in [-0.25, -0.2) is 4.98 Å². The number of nitrogens with two attached hydrogens (primary N) is 1. The maximum atomic E-state index is 11.8. The Bertz CT molecular complexity index is 231. The quantitative estimate of drug-likeness (QED) is 0.786. The highest BCUT2D eigenvalue weighted by Gasteiger charge is 2.31. The fourth-order valence-corrected chi connectivity index (χ4v) is 1.40. The fourth-order valence-electron chi connectivity index (χ4n) is 0.754. The molecule has 1 atom stereocenters. The normalized spacial score (nSPS) is 14.7. The van der Waals surface area contributed by atoms with Crippen molar-refractivity contribution < 1.29 is 13.2 Å². The number of rotatable bonds is 2. The Hall–Kier alpha value is -0.620. The molecular weight excluding hydrogens is 189 g/mol. The number of aromatic nitrogens is 1. The first-order chi connectivity index (χ1) is 5.49. The second-order valence-corrected chi connectivity index (χ2v) is 3.22. The molecule has 2 N–H and O–H groups in total. The molecule has 2 nitrogen and oxygen atoms in total. The van der Waals surface area contributed by atoms with Gasteiger partial charge in [0, 0.05) is 11.6 Å². The second kappa shape index (κ2) is 3.40. The summed E-state index contributed by atoms with van der Waals surface area (Å²) in [5, 5.41) is 1.93. The maximum absolute atomic E-state index is 11.8. The van der Waals surface area contributed by atoms with E-state index in [4.69, 9.17) is 5.73 Å². The van der Waals surface area contributed by atoms with Crippen LogP contribution in [0.2, 0.25) is 0 Å². The fraction of sp³-hybridized carbons (Fsp3) is 0.500. The van der Waals surface area contributed by atoms with E-state index in [1.807, 2.05) is 0 Å². The Morgan fingerprint density at radius 2 is 2.25 bits per heavy atom. The molecule has 0 amide bonds. The van der Waals surface area contributed by atoms with Gasteiger partial charge in [0.25, 0.3) is 0 Å². The predicted molar refractivity (Wildman–Crippen MR) is 39.7 cm³/mol. The molecule has 68 valence electrons. The van der Waals surface area contributed by atoms with E-state index in [-0.39, 0.29) is 0 Å². The highest BCUT2D eigenvalue weighted by Crippen LogP contribution is 2.28. The van der Waals surface area contributed by atoms with Gasteiger partial charge in [-0.15, -0.1) is 11.3 Å². The average Bonchev–Trinajstić information content (AvgIpc) is 2.32. The lowest BCUT2D eigenvalue weighted by atomic mass is 10.2. The molecular formula is C6H7F3N2S. The maximum Gasteiger partial charge on any atom is 0.391 e. The van der Waals surface area contributed by atoms with Gasteiger partial charge in [-0.2, -0.15) is 13.2 Å². The summed E-state index contributed by atoms with van der Waals surface area (Å²) in [5.74, 6) is 0. The molecule has 0 radical (unpaired) electrons. The summed E-state index contributed by atoms with van der Waals surface area (Å²) in [6, 6.07) is -1.02. The summed E-state index contributed by atoms with van der Waals surface area (Å²) in [5.41, 5.74) is 5.25. The van der Waals surface area contributed by atoms with Crippen LogP contribution in [-0.4, -0.2) is 11.2 Å². The lowest BCUT2D eigenvalue weighted by Gasteiger charge is -2.10. The molecule has 0 saturated carbocycles. The predicted octanol–water partition coefficient (Wildman–Crippen LogP) is 2.10. The molecule has 0 aromatic carbocycles. The van der Waals surface area contributed by atoms with E-state index in [0.717, 1.165) is 11.3 Å². The van der Waals surface area contributed by atoms with Crippen LogP contribution in [0.1, 0.15) is 17.5 Å². The van der Waals surface area contributed by atoms with Crippen LogP contribution in [0.5, 0.6) is 0 Å². The van der Waals surface area contributed by atoms with Gasteiger partial charge in [0.15, 0.2) is 0 Å². The van der Waals surface area contributed by atoms with Gasteiger partial charge in [0.05, 0.1) is 12.5 Å². The number of thiazole rings is 1. The van der Waals surface area contributed by atoms with Crippen molar-refractivity contribution in [1.82, 2.24) is 4.98 Å². The molecule has 1 aromatic heterocycles. The van der Waals surface area contributed by atoms with Crippen LogP contribution in [0.3, 0.4) is 0 Å². The van der Waals surface area contributed by atoms with Crippen molar-refractivity contribution in [2.45, 2.75) is 18.6 Å². The molecule has 12 heavy (non-hydrogen) atoms. The summed E-state index contributed by atoms with van der Waals surface area (Å²) in [6.07, 6.45) is -3.79. The minimum absolute atomic E-state index is 0.326. The van der Waals surface area contributed by atoms with Gasteiger partial charge in [-0.05, 0) is 0 Å². The van der Waals surface area contributed by atoms with E-state index in [1.165, 1.54) is 6.20 Å². The molecule has 0 saturated heterocycles. The molecule has 0 bridgehead atoms. The Morgan fingerprint density at radius 3 is 2.67 bits per heavy atom. The molecule has 1 rings (SSSR count). The van der Waals surface area contributed by atoms with Crippen molar-refractivity contribution in [3.63, 3.8) is 0 Å². The van der Waals surface area contributed by atoms with Crippen molar-refractivity contribution in [3.8, 4) is 0 Å². The molecule has 1 heterocycles. The third-order valence-electron chi connectivity index (χ3n) is 1.22. The SMILES string of the molecule is N[C@H](CC(F)(F)F)c1nccs1. The summed E-state index contributed by atoms with van der Waals surface area (Å²) in [7, 11) is 0. The highest BCUT2D eigenvalue weighted by atomic mass is 32.1. The topological polar surface area (TPSA) is 38.9 Å². The van der Waals surface area contributed by atoms with E-state index in [0.29, 0.717) is 5.01 Å². The van der Waals surface area contributed by atoms with Crippen molar-refractivity contribution in [2.24, 2.45) is 5.73 Å². The number of hydrogen-bond donors (Lipinski definition) is 1. The smallest absolute Gasteiger partial charge is 0.322 e. The zero-order valence-corrected chi connectivity index (χ0v) is 6.82. The van der Waals surface area contributed by atoms with Crippen LogP contribution < -0.4 is 5.73 Å². The van der Waals surface area contributed by atoms with Gasteiger partial charge in [-0.1, -0.05) is 0 Å². The van der Waals surface area contributed by atoms with Crippen LogP contribution in [-0.2, 0) is 0 Å². The lowest BCUT2D eigenvalue weighted by molar-refractivity contribution is -0.138. The van der Waals surface area contributed by atoms with Crippen LogP contribution in [0.15, 0.2) is 11.6 Å². The largest absolute Gasteiger partial charge is 0.391 e. The van der Waals surface area contributed by atoms with Crippen LogP contribution in [0, 0.1) is 0 Å². The van der Waals surface area contributed by atoms with Crippen molar-refractivity contribution >= 4 is 11.3 Å².